The van der Waals surface area contributed by atoms with Gasteiger partial charge in [-0.1, -0.05) is 54.4 Å². The van der Waals surface area contributed by atoms with E-state index < -0.39 is 12.1 Å². The van der Waals surface area contributed by atoms with E-state index in [-0.39, 0.29) is 17.6 Å². The first kappa shape index (κ1) is 26.6. The summed E-state index contributed by atoms with van der Waals surface area (Å²) in [5.74, 6) is 0.419. The van der Waals surface area contributed by atoms with Crippen LogP contribution in [0.25, 0.3) is 16.3 Å². The standard InChI is InChI=1S/C30H37BrN2O3/c1-19(2)28(33-30(35)36-3)29(34)24-9-6-8-23(16-24)27-10-5-4-7-25(18-32-27)21-11-12-22-17-26(31)14-13-20(22)15-21/h11-15,17-19,23-24,28H,4-10,16H2,1-3H3,(H,33,35). The van der Waals surface area contributed by atoms with Crippen molar-refractivity contribution in [3.8, 4) is 0 Å². The lowest BCUT2D eigenvalue weighted by atomic mass is 9.74. The number of carbonyl (C=O) groups excluding carboxylic acids is 2. The van der Waals surface area contributed by atoms with Crippen LogP contribution in [0.1, 0.15) is 70.8 Å². The third kappa shape index (κ3) is 6.44. The molecule has 1 heterocycles. The van der Waals surface area contributed by atoms with Gasteiger partial charge in [-0.05, 0) is 96.9 Å². The number of aliphatic imine (C=N–C) groups is 1. The van der Waals surface area contributed by atoms with Crippen LogP contribution in [0.15, 0.2) is 52.1 Å². The topological polar surface area (TPSA) is 67.8 Å². The maximum Gasteiger partial charge on any atom is 0.407 e. The molecule has 0 bridgehead atoms. The van der Waals surface area contributed by atoms with Gasteiger partial charge in [-0.15, -0.1) is 0 Å². The van der Waals surface area contributed by atoms with Crippen LogP contribution >= 0.6 is 15.9 Å². The molecule has 4 rings (SSSR count). The number of halogens is 1. The number of ether oxygens (including phenoxy) is 1. The van der Waals surface area contributed by atoms with Crippen LogP contribution in [0.5, 0.6) is 0 Å². The molecule has 0 aromatic heterocycles. The summed E-state index contributed by atoms with van der Waals surface area (Å²) >= 11 is 3.56. The van der Waals surface area contributed by atoms with Crippen molar-refractivity contribution < 1.29 is 14.3 Å². The van der Waals surface area contributed by atoms with Gasteiger partial charge in [0, 0.05) is 22.3 Å². The number of benzene rings is 2. The zero-order valence-electron chi connectivity index (χ0n) is 21.6. The Labute approximate surface area is 222 Å². The number of hydrogen-bond donors (Lipinski definition) is 1. The molecular weight excluding hydrogens is 516 g/mol. The van der Waals surface area contributed by atoms with Crippen molar-refractivity contribution in [2.24, 2.45) is 22.7 Å². The third-order valence-corrected chi connectivity index (χ3v) is 8.16. The lowest BCUT2D eigenvalue weighted by molar-refractivity contribution is -0.127. The number of rotatable bonds is 6. The number of Topliss-reactive ketones (excluding diaryl/α,β-unsaturated/α-hetero) is 1. The predicted molar refractivity (Wildman–Crippen MR) is 150 cm³/mol. The Morgan fingerprint density at radius 3 is 2.56 bits per heavy atom. The Morgan fingerprint density at radius 1 is 1.03 bits per heavy atom. The lowest BCUT2D eigenvalue weighted by Crippen LogP contribution is -2.47. The van der Waals surface area contributed by atoms with Crippen LogP contribution in [0.4, 0.5) is 4.79 Å². The minimum absolute atomic E-state index is 0.0178. The van der Waals surface area contributed by atoms with Crippen molar-refractivity contribution in [3.05, 3.63) is 52.6 Å². The Bertz CT molecular complexity index is 1170. The van der Waals surface area contributed by atoms with Crippen LogP contribution in [0.3, 0.4) is 0 Å². The largest absolute Gasteiger partial charge is 0.453 e. The molecule has 2 aliphatic rings. The molecule has 3 unspecified atom stereocenters. The van der Waals surface area contributed by atoms with Crippen molar-refractivity contribution in [2.75, 3.05) is 7.11 Å². The fraction of sp³-hybridized carbons (Fsp3) is 0.500. The number of carbonyl (C=O) groups is 2. The Hall–Kier alpha value is -2.47. The molecule has 0 spiro atoms. The average Bonchev–Trinajstić information content (AvgIpc) is 2.86. The monoisotopic (exact) mass is 552 g/mol. The molecule has 1 saturated carbocycles. The van der Waals surface area contributed by atoms with E-state index in [1.54, 1.807) is 0 Å². The molecule has 2 aromatic carbocycles. The summed E-state index contributed by atoms with van der Waals surface area (Å²) in [6.07, 6.45) is 9.60. The number of nitrogens with zero attached hydrogens (tertiary/aromatic N) is 1. The number of amides is 1. The molecule has 1 amide bonds. The second-order valence-electron chi connectivity index (χ2n) is 10.5. The van der Waals surface area contributed by atoms with Gasteiger partial charge in [0.05, 0.1) is 13.2 Å². The smallest absolute Gasteiger partial charge is 0.407 e. The molecule has 36 heavy (non-hydrogen) atoms. The number of alkyl carbamates (subject to hydrolysis) is 1. The number of allylic oxidation sites excluding steroid dienone is 1. The van der Waals surface area contributed by atoms with Gasteiger partial charge in [0.15, 0.2) is 5.78 Å². The molecule has 2 aromatic rings. The summed E-state index contributed by atoms with van der Waals surface area (Å²) in [5.41, 5.74) is 3.75. The fourth-order valence-corrected chi connectivity index (χ4v) is 5.99. The highest BCUT2D eigenvalue weighted by molar-refractivity contribution is 9.10. The molecule has 0 radical (unpaired) electrons. The molecule has 1 fully saturated rings. The second kappa shape index (κ2) is 12.2. The minimum atomic E-state index is -0.544. The molecule has 0 saturated heterocycles. The average molecular weight is 554 g/mol. The van der Waals surface area contributed by atoms with Gasteiger partial charge in [-0.25, -0.2) is 4.79 Å². The summed E-state index contributed by atoms with van der Waals surface area (Å²) < 4.78 is 5.85. The molecule has 1 aliphatic heterocycles. The molecule has 192 valence electrons. The molecule has 5 nitrogen and oxygen atoms in total. The maximum atomic E-state index is 13.4. The Morgan fingerprint density at radius 2 is 1.78 bits per heavy atom. The zero-order valence-corrected chi connectivity index (χ0v) is 23.1. The van der Waals surface area contributed by atoms with E-state index in [2.05, 4.69) is 63.8 Å². The first-order valence-electron chi connectivity index (χ1n) is 13.2. The van der Waals surface area contributed by atoms with Crippen molar-refractivity contribution >= 4 is 49.9 Å². The summed E-state index contributed by atoms with van der Waals surface area (Å²) in [7, 11) is 1.33. The minimum Gasteiger partial charge on any atom is -0.453 e. The molecule has 1 N–H and O–H groups in total. The second-order valence-corrected chi connectivity index (χ2v) is 11.4. The highest BCUT2D eigenvalue weighted by Crippen LogP contribution is 2.35. The first-order valence-corrected chi connectivity index (χ1v) is 14.0. The van der Waals surface area contributed by atoms with Crippen LogP contribution in [-0.2, 0) is 9.53 Å². The highest BCUT2D eigenvalue weighted by Gasteiger charge is 2.35. The van der Waals surface area contributed by atoms with Gasteiger partial charge >= 0.3 is 6.09 Å². The fourth-order valence-electron chi connectivity index (χ4n) is 5.61. The molecule has 6 heteroatoms. The van der Waals surface area contributed by atoms with Crippen LogP contribution < -0.4 is 5.32 Å². The van der Waals surface area contributed by atoms with Gasteiger partial charge in [0.25, 0.3) is 0 Å². The van der Waals surface area contributed by atoms with Crippen molar-refractivity contribution in [2.45, 2.75) is 71.3 Å². The Balaban J connectivity index is 1.52. The van der Waals surface area contributed by atoms with E-state index in [0.717, 1.165) is 55.8 Å². The maximum absolute atomic E-state index is 13.4. The highest BCUT2D eigenvalue weighted by atomic mass is 79.9. The van der Waals surface area contributed by atoms with E-state index in [4.69, 9.17) is 9.73 Å². The normalized spacial score (nSPS) is 21.7. The number of methoxy groups -OCH3 is 1. The van der Waals surface area contributed by atoms with Crippen molar-refractivity contribution in [3.63, 3.8) is 0 Å². The summed E-state index contributed by atoms with van der Waals surface area (Å²) in [4.78, 5) is 30.2. The summed E-state index contributed by atoms with van der Waals surface area (Å²) in [5, 5.41) is 5.22. The van der Waals surface area contributed by atoms with Crippen molar-refractivity contribution in [1.29, 1.82) is 0 Å². The molecule has 1 aliphatic carbocycles. The molecule has 3 atom stereocenters. The number of fused-ring (bicyclic) bond motifs is 1. The zero-order chi connectivity index (χ0) is 25.7. The van der Waals surface area contributed by atoms with Gasteiger partial charge < -0.3 is 10.1 Å². The predicted octanol–water partition coefficient (Wildman–Crippen LogP) is 7.71. The number of hydrogen-bond acceptors (Lipinski definition) is 4. The van der Waals surface area contributed by atoms with Gasteiger partial charge in [-0.3, -0.25) is 9.79 Å². The first-order chi connectivity index (χ1) is 17.4. The van der Waals surface area contributed by atoms with Gasteiger partial charge in [0.2, 0.25) is 0 Å². The quantitative estimate of drug-likeness (QED) is 0.398. The molecular formula is C30H37BrN2O3. The SMILES string of the molecule is COC(=O)NC(C(=O)C1CCCC(C2=NC=C(c3ccc4cc(Br)ccc4c3)CCCC2)C1)C(C)C. The van der Waals surface area contributed by atoms with Crippen LogP contribution in [0, 0.1) is 17.8 Å². The van der Waals surface area contributed by atoms with Gasteiger partial charge in [-0.2, -0.15) is 0 Å². The van der Waals surface area contributed by atoms with E-state index in [1.807, 2.05) is 13.8 Å². The lowest BCUT2D eigenvalue weighted by Gasteiger charge is -2.32. The summed E-state index contributed by atoms with van der Waals surface area (Å²) in [6.45, 7) is 3.94. The van der Waals surface area contributed by atoms with E-state index >= 15 is 0 Å². The van der Waals surface area contributed by atoms with E-state index in [9.17, 15) is 9.59 Å². The Kier molecular flexibility index (Phi) is 9.00. The van der Waals surface area contributed by atoms with Crippen LogP contribution in [-0.4, -0.2) is 30.7 Å². The number of ketones is 1. The van der Waals surface area contributed by atoms with E-state index in [1.165, 1.54) is 34.7 Å². The van der Waals surface area contributed by atoms with Gasteiger partial charge in [0.1, 0.15) is 0 Å². The van der Waals surface area contributed by atoms with Crippen LogP contribution in [0.2, 0.25) is 0 Å². The van der Waals surface area contributed by atoms with Crippen molar-refractivity contribution in [1.82, 2.24) is 5.32 Å². The summed E-state index contributed by atoms with van der Waals surface area (Å²) in [6, 6.07) is 12.5. The van der Waals surface area contributed by atoms with E-state index in [0.29, 0.717) is 5.92 Å². The third-order valence-electron chi connectivity index (χ3n) is 7.67. The number of nitrogens with one attached hydrogen (secondary N) is 1.